The molecule has 0 saturated heterocycles. The van der Waals surface area contributed by atoms with E-state index >= 15 is 0 Å². The second-order valence-electron chi connectivity index (χ2n) is 1.79. The van der Waals surface area contributed by atoms with Gasteiger partial charge in [0.2, 0.25) is 5.76 Å². The third-order valence-electron chi connectivity index (χ3n) is 0.941. The van der Waals surface area contributed by atoms with E-state index in [1.54, 1.807) is 6.92 Å². The molecular formula is C6H6O3. The number of carbonyl (C=O) groups is 1. The van der Waals surface area contributed by atoms with Crippen molar-refractivity contribution in [2.24, 2.45) is 0 Å². The standard InChI is InChI=1S/C6H6O3/c1-4-2-5(6(7)8)9-3-4/h2-3H,1H3,(H,7,8). The summed E-state index contributed by atoms with van der Waals surface area (Å²) in [7, 11) is 0. The highest BCUT2D eigenvalue weighted by atomic mass is 16.4. The summed E-state index contributed by atoms with van der Waals surface area (Å²) in [6.07, 6.45) is 1.41. The van der Waals surface area contributed by atoms with Crippen molar-refractivity contribution in [3.63, 3.8) is 0 Å². The molecular weight excluding hydrogens is 120 g/mol. The van der Waals surface area contributed by atoms with Crippen LogP contribution in [0.15, 0.2) is 16.7 Å². The van der Waals surface area contributed by atoms with Gasteiger partial charge in [-0.15, -0.1) is 0 Å². The molecule has 0 radical (unpaired) electrons. The summed E-state index contributed by atoms with van der Waals surface area (Å²) < 4.78 is 4.63. The number of rotatable bonds is 1. The SMILES string of the molecule is Cc1coc(C(=O)O)c1. The van der Waals surface area contributed by atoms with Gasteiger partial charge in [0.1, 0.15) is 0 Å². The third kappa shape index (κ3) is 1.10. The lowest BCUT2D eigenvalue weighted by atomic mass is 10.3. The Bertz CT molecular complexity index is 224. The zero-order valence-corrected chi connectivity index (χ0v) is 4.92. The predicted octanol–water partition coefficient (Wildman–Crippen LogP) is 1.29. The van der Waals surface area contributed by atoms with E-state index in [1.807, 2.05) is 0 Å². The monoisotopic (exact) mass is 126 g/mol. The molecule has 0 unspecified atom stereocenters. The second-order valence-corrected chi connectivity index (χ2v) is 1.79. The van der Waals surface area contributed by atoms with Gasteiger partial charge in [0.05, 0.1) is 6.26 Å². The van der Waals surface area contributed by atoms with E-state index in [0.717, 1.165) is 5.56 Å². The van der Waals surface area contributed by atoms with Crippen LogP contribution in [0.25, 0.3) is 0 Å². The van der Waals surface area contributed by atoms with E-state index in [1.165, 1.54) is 12.3 Å². The molecule has 1 aromatic rings. The largest absolute Gasteiger partial charge is 0.475 e. The first kappa shape index (κ1) is 5.88. The smallest absolute Gasteiger partial charge is 0.371 e. The maximum absolute atomic E-state index is 10.1. The first-order valence-corrected chi connectivity index (χ1v) is 2.48. The number of aromatic carboxylic acids is 1. The molecule has 0 spiro atoms. The van der Waals surface area contributed by atoms with Gasteiger partial charge in [0.25, 0.3) is 0 Å². The van der Waals surface area contributed by atoms with E-state index in [0.29, 0.717) is 0 Å². The Morgan fingerprint density at radius 2 is 2.44 bits per heavy atom. The molecule has 3 nitrogen and oxygen atoms in total. The average molecular weight is 126 g/mol. The highest BCUT2D eigenvalue weighted by Gasteiger charge is 2.04. The lowest BCUT2D eigenvalue weighted by Crippen LogP contribution is -1.91. The minimum atomic E-state index is -1.02. The predicted molar refractivity (Wildman–Crippen MR) is 30.4 cm³/mol. The Labute approximate surface area is 51.9 Å². The first-order valence-electron chi connectivity index (χ1n) is 2.48. The van der Waals surface area contributed by atoms with E-state index < -0.39 is 5.97 Å². The number of hydrogen-bond donors (Lipinski definition) is 1. The summed E-state index contributed by atoms with van der Waals surface area (Å²) in [4.78, 5) is 10.1. The Balaban J connectivity index is 2.98. The maximum atomic E-state index is 10.1. The molecule has 0 fully saturated rings. The van der Waals surface area contributed by atoms with Crippen molar-refractivity contribution in [3.05, 3.63) is 23.7 Å². The molecule has 0 atom stereocenters. The fraction of sp³-hybridized carbons (Fsp3) is 0.167. The summed E-state index contributed by atoms with van der Waals surface area (Å²) >= 11 is 0. The van der Waals surface area contributed by atoms with Crippen LogP contribution in [0.2, 0.25) is 0 Å². The molecule has 1 rings (SSSR count). The van der Waals surface area contributed by atoms with Gasteiger partial charge in [-0.3, -0.25) is 0 Å². The Morgan fingerprint density at radius 1 is 1.78 bits per heavy atom. The molecule has 1 N–H and O–H groups in total. The lowest BCUT2D eigenvalue weighted by molar-refractivity contribution is 0.0662. The molecule has 0 amide bonds. The van der Waals surface area contributed by atoms with Crippen molar-refractivity contribution in [1.82, 2.24) is 0 Å². The number of hydrogen-bond acceptors (Lipinski definition) is 2. The quantitative estimate of drug-likeness (QED) is 0.616. The van der Waals surface area contributed by atoms with Gasteiger partial charge >= 0.3 is 5.97 Å². The van der Waals surface area contributed by atoms with Crippen molar-refractivity contribution in [2.75, 3.05) is 0 Å². The minimum absolute atomic E-state index is 0.00694. The Morgan fingerprint density at radius 3 is 2.67 bits per heavy atom. The van der Waals surface area contributed by atoms with Gasteiger partial charge in [0.15, 0.2) is 0 Å². The lowest BCUT2D eigenvalue weighted by Gasteiger charge is -1.79. The molecule has 3 heteroatoms. The second kappa shape index (κ2) is 1.93. The zero-order valence-electron chi connectivity index (χ0n) is 4.92. The normalized spacial score (nSPS) is 9.44. The van der Waals surface area contributed by atoms with Crippen LogP contribution in [0.5, 0.6) is 0 Å². The maximum Gasteiger partial charge on any atom is 0.371 e. The van der Waals surface area contributed by atoms with Gasteiger partial charge in [-0.05, 0) is 18.6 Å². The molecule has 1 heterocycles. The van der Waals surface area contributed by atoms with Gasteiger partial charge in [-0.25, -0.2) is 4.79 Å². The number of carboxylic acids is 1. The topological polar surface area (TPSA) is 50.4 Å². The van der Waals surface area contributed by atoms with Crippen LogP contribution in [0.3, 0.4) is 0 Å². The van der Waals surface area contributed by atoms with Gasteiger partial charge in [0, 0.05) is 0 Å². The summed E-state index contributed by atoms with van der Waals surface area (Å²) in [6.45, 7) is 1.77. The fourth-order valence-electron chi connectivity index (χ4n) is 0.543. The van der Waals surface area contributed by atoms with Crippen LogP contribution in [0.4, 0.5) is 0 Å². The Hall–Kier alpha value is -1.25. The highest BCUT2D eigenvalue weighted by Crippen LogP contribution is 2.04. The van der Waals surface area contributed by atoms with Crippen molar-refractivity contribution in [2.45, 2.75) is 6.92 Å². The minimum Gasteiger partial charge on any atom is -0.475 e. The van der Waals surface area contributed by atoms with Crippen molar-refractivity contribution in [3.8, 4) is 0 Å². The highest BCUT2D eigenvalue weighted by molar-refractivity contribution is 5.84. The number of aryl methyl sites for hydroxylation is 1. The van der Waals surface area contributed by atoms with Crippen molar-refractivity contribution >= 4 is 5.97 Å². The van der Waals surface area contributed by atoms with E-state index in [4.69, 9.17) is 5.11 Å². The van der Waals surface area contributed by atoms with Crippen LogP contribution in [0, 0.1) is 6.92 Å². The van der Waals surface area contributed by atoms with Crippen molar-refractivity contribution < 1.29 is 14.3 Å². The van der Waals surface area contributed by atoms with E-state index in [9.17, 15) is 4.79 Å². The van der Waals surface area contributed by atoms with Crippen LogP contribution in [-0.4, -0.2) is 11.1 Å². The van der Waals surface area contributed by atoms with E-state index in [-0.39, 0.29) is 5.76 Å². The molecule has 0 aromatic carbocycles. The molecule has 1 aromatic heterocycles. The van der Waals surface area contributed by atoms with Gasteiger partial charge < -0.3 is 9.52 Å². The molecule has 0 aliphatic carbocycles. The fourth-order valence-corrected chi connectivity index (χ4v) is 0.543. The molecule has 0 aliphatic rings. The van der Waals surface area contributed by atoms with Crippen LogP contribution in [-0.2, 0) is 0 Å². The van der Waals surface area contributed by atoms with Crippen LogP contribution in [0.1, 0.15) is 16.1 Å². The van der Waals surface area contributed by atoms with E-state index in [2.05, 4.69) is 4.42 Å². The molecule has 0 bridgehead atoms. The molecule has 9 heavy (non-hydrogen) atoms. The molecule has 48 valence electrons. The number of furan rings is 1. The summed E-state index contributed by atoms with van der Waals surface area (Å²) in [6, 6.07) is 1.47. The van der Waals surface area contributed by atoms with Crippen LogP contribution >= 0.6 is 0 Å². The van der Waals surface area contributed by atoms with Gasteiger partial charge in [-0.1, -0.05) is 0 Å². The zero-order chi connectivity index (χ0) is 6.85. The molecule has 0 aliphatic heterocycles. The Kier molecular flexibility index (Phi) is 1.26. The van der Waals surface area contributed by atoms with Gasteiger partial charge in [-0.2, -0.15) is 0 Å². The summed E-state index contributed by atoms with van der Waals surface area (Å²) in [5.41, 5.74) is 0.826. The molecule has 0 saturated carbocycles. The van der Waals surface area contributed by atoms with Crippen LogP contribution < -0.4 is 0 Å². The summed E-state index contributed by atoms with van der Waals surface area (Å²) in [5, 5.41) is 8.30. The number of carboxylic acid groups (broad SMARTS) is 1. The van der Waals surface area contributed by atoms with Crippen molar-refractivity contribution in [1.29, 1.82) is 0 Å². The third-order valence-corrected chi connectivity index (χ3v) is 0.941. The average Bonchev–Trinajstić information content (AvgIpc) is 2.14. The summed E-state index contributed by atoms with van der Waals surface area (Å²) in [5.74, 6) is -1.03. The first-order chi connectivity index (χ1) is 4.20.